The number of ether oxygens (including phenoxy) is 1. The lowest BCUT2D eigenvalue weighted by Gasteiger charge is -2.07. The minimum absolute atomic E-state index is 0.0112. The van der Waals surface area contributed by atoms with E-state index in [9.17, 15) is 4.79 Å². The molecule has 82 valence electrons. The standard InChI is InChI=1S/C11H15NO3/c1-8(2)4-6-15-9-3-5-12-10(7-9)11(13)14/h3,5,7-8H,4,6H2,1-2H3,(H,13,14). The summed E-state index contributed by atoms with van der Waals surface area (Å²) in [6.07, 6.45) is 2.39. The predicted octanol–water partition coefficient (Wildman–Crippen LogP) is 2.20. The Bertz CT molecular complexity index is 336. The van der Waals surface area contributed by atoms with E-state index in [0.717, 1.165) is 6.42 Å². The van der Waals surface area contributed by atoms with Gasteiger partial charge in [0.25, 0.3) is 0 Å². The third kappa shape index (κ3) is 3.97. The molecule has 0 saturated carbocycles. The summed E-state index contributed by atoms with van der Waals surface area (Å²) in [5, 5.41) is 8.70. The topological polar surface area (TPSA) is 59.4 Å². The van der Waals surface area contributed by atoms with Gasteiger partial charge in [0, 0.05) is 12.3 Å². The first kappa shape index (κ1) is 11.5. The van der Waals surface area contributed by atoms with E-state index in [1.54, 1.807) is 6.07 Å². The van der Waals surface area contributed by atoms with E-state index in [4.69, 9.17) is 9.84 Å². The molecule has 0 aromatic carbocycles. The summed E-state index contributed by atoms with van der Waals surface area (Å²) in [5.74, 6) is 0.0955. The van der Waals surface area contributed by atoms with Crippen molar-refractivity contribution in [1.29, 1.82) is 0 Å². The minimum Gasteiger partial charge on any atom is -0.493 e. The van der Waals surface area contributed by atoms with Crippen LogP contribution in [0.25, 0.3) is 0 Å². The molecule has 0 aliphatic heterocycles. The summed E-state index contributed by atoms with van der Waals surface area (Å²) in [7, 11) is 0. The lowest BCUT2D eigenvalue weighted by molar-refractivity contribution is 0.0690. The summed E-state index contributed by atoms with van der Waals surface area (Å²) in [6.45, 7) is 4.82. The number of carbonyl (C=O) groups is 1. The molecule has 0 spiro atoms. The van der Waals surface area contributed by atoms with Gasteiger partial charge in [-0.3, -0.25) is 0 Å². The van der Waals surface area contributed by atoms with Crippen LogP contribution in [0.15, 0.2) is 18.3 Å². The second-order valence-electron chi connectivity index (χ2n) is 3.71. The second-order valence-corrected chi connectivity index (χ2v) is 3.71. The van der Waals surface area contributed by atoms with E-state index in [1.165, 1.54) is 12.3 Å². The molecule has 15 heavy (non-hydrogen) atoms. The van der Waals surface area contributed by atoms with Crippen molar-refractivity contribution in [2.75, 3.05) is 6.61 Å². The van der Waals surface area contributed by atoms with Gasteiger partial charge in [-0.25, -0.2) is 9.78 Å². The lowest BCUT2D eigenvalue weighted by atomic mass is 10.1. The highest BCUT2D eigenvalue weighted by molar-refractivity contribution is 5.85. The number of aromatic nitrogens is 1. The molecule has 4 heteroatoms. The van der Waals surface area contributed by atoms with E-state index in [1.807, 2.05) is 0 Å². The zero-order chi connectivity index (χ0) is 11.3. The van der Waals surface area contributed by atoms with Crippen LogP contribution in [0, 0.1) is 5.92 Å². The van der Waals surface area contributed by atoms with Gasteiger partial charge in [-0.1, -0.05) is 13.8 Å². The van der Waals surface area contributed by atoms with Gasteiger partial charge in [0.1, 0.15) is 5.75 Å². The summed E-state index contributed by atoms with van der Waals surface area (Å²) < 4.78 is 5.40. The third-order valence-corrected chi connectivity index (χ3v) is 1.91. The van der Waals surface area contributed by atoms with Crippen molar-refractivity contribution in [3.63, 3.8) is 0 Å². The van der Waals surface area contributed by atoms with Gasteiger partial charge in [-0.15, -0.1) is 0 Å². The number of hydrogen-bond acceptors (Lipinski definition) is 3. The molecule has 0 saturated heterocycles. The quantitative estimate of drug-likeness (QED) is 0.807. The molecule has 1 aromatic heterocycles. The van der Waals surface area contributed by atoms with Crippen LogP contribution in [0.5, 0.6) is 5.75 Å². The molecule has 0 unspecified atom stereocenters. The SMILES string of the molecule is CC(C)CCOc1ccnc(C(=O)O)c1. The Morgan fingerprint density at radius 2 is 2.33 bits per heavy atom. The summed E-state index contributed by atoms with van der Waals surface area (Å²) >= 11 is 0. The van der Waals surface area contributed by atoms with Crippen molar-refractivity contribution >= 4 is 5.97 Å². The van der Waals surface area contributed by atoms with Crippen molar-refractivity contribution in [2.24, 2.45) is 5.92 Å². The molecule has 1 N–H and O–H groups in total. The fraction of sp³-hybridized carbons (Fsp3) is 0.455. The molecular formula is C11H15NO3. The minimum atomic E-state index is -1.04. The van der Waals surface area contributed by atoms with E-state index >= 15 is 0 Å². The van der Waals surface area contributed by atoms with Crippen LogP contribution in [-0.4, -0.2) is 22.7 Å². The molecule has 0 bridgehead atoms. The van der Waals surface area contributed by atoms with Crippen molar-refractivity contribution in [2.45, 2.75) is 20.3 Å². The van der Waals surface area contributed by atoms with E-state index in [-0.39, 0.29) is 5.69 Å². The second kappa shape index (κ2) is 5.34. The average molecular weight is 209 g/mol. The Hall–Kier alpha value is -1.58. The Labute approximate surface area is 88.9 Å². The van der Waals surface area contributed by atoms with Crippen molar-refractivity contribution in [3.8, 4) is 5.75 Å². The molecule has 1 rings (SSSR count). The maximum absolute atomic E-state index is 10.6. The van der Waals surface area contributed by atoms with Gasteiger partial charge in [0.2, 0.25) is 0 Å². The van der Waals surface area contributed by atoms with Gasteiger partial charge in [0.15, 0.2) is 5.69 Å². The first-order valence-electron chi connectivity index (χ1n) is 4.91. The molecule has 1 heterocycles. The smallest absolute Gasteiger partial charge is 0.354 e. The van der Waals surface area contributed by atoms with Crippen LogP contribution < -0.4 is 4.74 Å². The van der Waals surface area contributed by atoms with E-state index in [2.05, 4.69) is 18.8 Å². The number of hydrogen-bond donors (Lipinski definition) is 1. The Balaban J connectivity index is 2.54. The van der Waals surface area contributed by atoms with E-state index < -0.39 is 5.97 Å². The van der Waals surface area contributed by atoms with Gasteiger partial charge < -0.3 is 9.84 Å². The van der Waals surface area contributed by atoms with Gasteiger partial charge >= 0.3 is 5.97 Å². The van der Waals surface area contributed by atoms with Crippen LogP contribution in [0.1, 0.15) is 30.8 Å². The zero-order valence-electron chi connectivity index (χ0n) is 8.93. The first-order chi connectivity index (χ1) is 7.09. The highest BCUT2D eigenvalue weighted by Crippen LogP contribution is 2.12. The molecule has 1 aromatic rings. The maximum atomic E-state index is 10.6. The summed E-state index contributed by atoms with van der Waals surface area (Å²) in [5.41, 5.74) is 0.0112. The largest absolute Gasteiger partial charge is 0.493 e. The summed E-state index contributed by atoms with van der Waals surface area (Å²) in [4.78, 5) is 14.3. The van der Waals surface area contributed by atoms with Crippen LogP contribution >= 0.6 is 0 Å². The first-order valence-corrected chi connectivity index (χ1v) is 4.91. The number of pyridine rings is 1. The normalized spacial score (nSPS) is 10.3. The maximum Gasteiger partial charge on any atom is 0.354 e. The van der Waals surface area contributed by atoms with Gasteiger partial charge in [-0.05, 0) is 18.4 Å². The fourth-order valence-corrected chi connectivity index (χ4v) is 1.03. The van der Waals surface area contributed by atoms with Crippen LogP contribution in [0.2, 0.25) is 0 Å². The average Bonchev–Trinajstić information content (AvgIpc) is 2.17. The van der Waals surface area contributed by atoms with Crippen molar-refractivity contribution in [1.82, 2.24) is 4.98 Å². The highest BCUT2D eigenvalue weighted by Gasteiger charge is 2.05. The van der Waals surface area contributed by atoms with Crippen molar-refractivity contribution in [3.05, 3.63) is 24.0 Å². The monoisotopic (exact) mass is 209 g/mol. The Morgan fingerprint density at radius 1 is 1.60 bits per heavy atom. The van der Waals surface area contributed by atoms with Crippen molar-refractivity contribution < 1.29 is 14.6 Å². The Morgan fingerprint density at radius 3 is 2.93 bits per heavy atom. The lowest BCUT2D eigenvalue weighted by Crippen LogP contribution is -2.04. The van der Waals surface area contributed by atoms with Crippen LogP contribution in [0.4, 0.5) is 0 Å². The zero-order valence-corrected chi connectivity index (χ0v) is 8.93. The molecule has 4 nitrogen and oxygen atoms in total. The highest BCUT2D eigenvalue weighted by atomic mass is 16.5. The number of aromatic carboxylic acids is 1. The molecular weight excluding hydrogens is 194 g/mol. The number of carboxylic acids is 1. The summed E-state index contributed by atoms with van der Waals surface area (Å²) in [6, 6.07) is 3.09. The van der Waals surface area contributed by atoms with Crippen LogP contribution in [-0.2, 0) is 0 Å². The van der Waals surface area contributed by atoms with Crippen LogP contribution in [0.3, 0.4) is 0 Å². The number of nitrogens with zero attached hydrogens (tertiary/aromatic N) is 1. The number of carboxylic acid groups (broad SMARTS) is 1. The molecule has 0 amide bonds. The molecule has 0 atom stereocenters. The van der Waals surface area contributed by atoms with Gasteiger partial charge in [-0.2, -0.15) is 0 Å². The Kier molecular flexibility index (Phi) is 4.09. The molecule has 0 aliphatic carbocycles. The fourth-order valence-electron chi connectivity index (χ4n) is 1.03. The third-order valence-electron chi connectivity index (χ3n) is 1.91. The molecule has 0 radical (unpaired) electrons. The predicted molar refractivity (Wildman–Crippen MR) is 56.1 cm³/mol. The van der Waals surface area contributed by atoms with Gasteiger partial charge in [0.05, 0.1) is 6.61 Å². The molecule has 0 aliphatic rings. The van der Waals surface area contributed by atoms with E-state index in [0.29, 0.717) is 18.3 Å². The molecule has 0 fully saturated rings. The number of rotatable bonds is 5.